The lowest BCUT2D eigenvalue weighted by molar-refractivity contribution is 0.255. The van der Waals surface area contributed by atoms with Crippen molar-refractivity contribution in [3.63, 3.8) is 0 Å². The van der Waals surface area contributed by atoms with E-state index in [-0.39, 0.29) is 6.61 Å². The first-order valence-electron chi connectivity index (χ1n) is 4.87. The fraction of sp³-hybridized carbons (Fsp3) is 0.667. The van der Waals surface area contributed by atoms with Gasteiger partial charge in [-0.3, -0.25) is 0 Å². The van der Waals surface area contributed by atoms with Crippen molar-refractivity contribution in [2.75, 3.05) is 38.2 Å². The van der Waals surface area contributed by atoms with E-state index < -0.39 is 0 Å². The Balaban J connectivity index is 2.08. The van der Waals surface area contributed by atoms with Crippen LogP contribution in [0.25, 0.3) is 0 Å². The molecule has 5 nitrogen and oxygen atoms in total. The van der Waals surface area contributed by atoms with Gasteiger partial charge < -0.3 is 15.0 Å². The van der Waals surface area contributed by atoms with E-state index in [0.29, 0.717) is 0 Å². The second-order valence-electron chi connectivity index (χ2n) is 3.64. The minimum atomic E-state index is 0.0480. The lowest BCUT2D eigenvalue weighted by atomic mass is 10.4. The number of rotatable bonds is 2. The van der Waals surface area contributed by atoms with Gasteiger partial charge in [0.25, 0.3) is 0 Å². The first-order valence-corrected chi connectivity index (χ1v) is 4.87. The molecular weight excluding hydrogens is 180 g/mol. The zero-order valence-electron chi connectivity index (χ0n) is 8.43. The molecular formula is C9H16N4O. The van der Waals surface area contributed by atoms with Crippen LogP contribution in [0.15, 0.2) is 12.5 Å². The number of aliphatic hydroxyl groups is 1. The van der Waals surface area contributed by atoms with Gasteiger partial charge in [0.05, 0.1) is 18.5 Å². The van der Waals surface area contributed by atoms with Crippen molar-refractivity contribution >= 4 is 0 Å². The Bertz CT molecular complexity index is 291. The summed E-state index contributed by atoms with van der Waals surface area (Å²) in [6.07, 6.45) is 3.47. The number of hydrogen-bond donors (Lipinski definition) is 1. The molecule has 1 N–H and O–H groups in total. The number of hydrogen-bond acceptors (Lipinski definition) is 4. The van der Waals surface area contributed by atoms with Crippen molar-refractivity contribution in [2.45, 2.75) is 6.61 Å². The van der Waals surface area contributed by atoms with E-state index in [2.05, 4.69) is 21.9 Å². The highest BCUT2D eigenvalue weighted by molar-refractivity contribution is 5.03. The predicted octanol–water partition coefficient (Wildman–Crippen LogP) is -0.741. The molecule has 0 spiro atoms. The molecule has 2 rings (SSSR count). The van der Waals surface area contributed by atoms with E-state index in [1.807, 2.05) is 4.68 Å². The van der Waals surface area contributed by atoms with Crippen LogP contribution in [0.5, 0.6) is 0 Å². The molecule has 0 saturated carbocycles. The molecule has 0 atom stereocenters. The quantitative estimate of drug-likeness (QED) is 0.676. The van der Waals surface area contributed by atoms with Crippen molar-refractivity contribution in [3.8, 4) is 0 Å². The molecule has 1 fully saturated rings. The Morgan fingerprint density at radius 3 is 2.71 bits per heavy atom. The highest BCUT2D eigenvalue weighted by Gasteiger charge is 2.15. The van der Waals surface area contributed by atoms with Gasteiger partial charge in [0.2, 0.25) is 0 Å². The summed E-state index contributed by atoms with van der Waals surface area (Å²) in [6, 6.07) is 0. The van der Waals surface area contributed by atoms with Crippen LogP contribution < -0.4 is 5.01 Å². The molecule has 78 valence electrons. The summed E-state index contributed by atoms with van der Waals surface area (Å²) < 4.78 is 1.95. The van der Waals surface area contributed by atoms with E-state index in [0.717, 1.165) is 31.9 Å². The Morgan fingerprint density at radius 1 is 1.36 bits per heavy atom. The minimum Gasteiger partial charge on any atom is -0.390 e. The SMILES string of the molecule is CN1CCN(n2cncc2CO)CC1. The number of aliphatic hydroxyl groups excluding tert-OH is 1. The van der Waals surface area contributed by atoms with Gasteiger partial charge in [-0.05, 0) is 7.05 Å². The van der Waals surface area contributed by atoms with E-state index in [1.54, 1.807) is 12.5 Å². The van der Waals surface area contributed by atoms with Crippen LogP contribution >= 0.6 is 0 Å². The maximum Gasteiger partial charge on any atom is 0.115 e. The molecule has 1 saturated heterocycles. The molecule has 0 bridgehead atoms. The van der Waals surface area contributed by atoms with Crippen molar-refractivity contribution < 1.29 is 5.11 Å². The van der Waals surface area contributed by atoms with Gasteiger partial charge in [0.1, 0.15) is 6.33 Å². The van der Waals surface area contributed by atoms with Gasteiger partial charge in [-0.1, -0.05) is 0 Å². The number of likely N-dealkylation sites (N-methyl/N-ethyl adjacent to an activating group) is 1. The first-order chi connectivity index (χ1) is 6.81. The third-order valence-electron chi connectivity index (χ3n) is 2.64. The van der Waals surface area contributed by atoms with Crippen LogP contribution in [0.3, 0.4) is 0 Å². The Hall–Kier alpha value is -1.07. The molecule has 0 aromatic carbocycles. The Labute approximate surface area is 83.5 Å². The lowest BCUT2D eigenvalue weighted by Crippen LogP contribution is -2.50. The third kappa shape index (κ3) is 1.73. The fourth-order valence-electron chi connectivity index (χ4n) is 1.70. The summed E-state index contributed by atoms with van der Waals surface area (Å²) in [5.41, 5.74) is 0.856. The maximum atomic E-state index is 9.09. The molecule has 1 aromatic rings. The van der Waals surface area contributed by atoms with E-state index in [4.69, 9.17) is 5.11 Å². The van der Waals surface area contributed by atoms with E-state index >= 15 is 0 Å². The van der Waals surface area contributed by atoms with Gasteiger partial charge in [-0.15, -0.1) is 0 Å². The highest BCUT2D eigenvalue weighted by Crippen LogP contribution is 2.04. The monoisotopic (exact) mass is 196 g/mol. The summed E-state index contributed by atoms with van der Waals surface area (Å²) in [6.45, 7) is 4.14. The van der Waals surface area contributed by atoms with Crippen LogP contribution in [-0.2, 0) is 6.61 Å². The molecule has 0 aliphatic carbocycles. The third-order valence-corrected chi connectivity index (χ3v) is 2.64. The summed E-state index contributed by atoms with van der Waals surface area (Å²) in [5, 5.41) is 11.3. The number of piperazine rings is 1. The van der Waals surface area contributed by atoms with Gasteiger partial charge in [-0.2, -0.15) is 0 Å². The van der Waals surface area contributed by atoms with E-state index in [9.17, 15) is 0 Å². The summed E-state index contributed by atoms with van der Waals surface area (Å²) in [4.78, 5) is 6.33. The molecule has 1 aromatic heterocycles. The Morgan fingerprint density at radius 2 is 2.07 bits per heavy atom. The molecule has 1 aliphatic heterocycles. The topological polar surface area (TPSA) is 44.5 Å². The van der Waals surface area contributed by atoms with Crippen LogP contribution in [0.2, 0.25) is 0 Å². The van der Waals surface area contributed by atoms with Crippen LogP contribution in [0.4, 0.5) is 0 Å². The first kappa shape index (κ1) is 9.48. The van der Waals surface area contributed by atoms with Crippen LogP contribution in [-0.4, -0.2) is 52.9 Å². The molecule has 2 heterocycles. The van der Waals surface area contributed by atoms with E-state index in [1.165, 1.54) is 0 Å². The standard InChI is InChI=1S/C9H16N4O/c1-11-2-4-12(5-3-11)13-8-10-6-9(13)7-14/h6,8,14H,2-5,7H2,1H3. The predicted molar refractivity (Wildman–Crippen MR) is 53.6 cm³/mol. The number of aromatic nitrogens is 2. The number of nitrogens with zero attached hydrogens (tertiary/aromatic N) is 4. The van der Waals surface area contributed by atoms with Crippen molar-refractivity contribution in [1.29, 1.82) is 0 Å². The average molecular weight is 196 g/mol. The van der Waals surface area contributed by atoms with Crippen molar-refractivity contribution in [2.24, 2.45) is 0 Å². The van der Waals surface area contributed by atoms with Crippen molar-refractivity contribution in [3.05, 3.63) is 18.2 Å². The molecule has 1 aliphatic rings. The lowest BCUT2D eigenvalue weighted by Gasteiger charge is -2.35. The molecule has 5 heteroatoms. The number of imidazole rings is 1. The average Bonchev–Trinajstić information content (AvgIpc) is 2.67. The fourth-order valence-corrected chi connectivity index (χ4v) is 1.70. The highest BCUT2D eigenvalue weighted by atomic mass is 16.3. The minimum absolute atomic E-state index is 0.0480. The van der Waals surface area contributed by atoms with Crippen molar-refractivity contribution in [1.82, 2.24) is 14.6 Å². The van der Waals surface area contributed by atoms with Gasteiger partial charge in [0, 0.05) is 26.2 Å². The van der Waals surface area contributed by atoms with Gasteiger partial charge in [-0.25, -0.2) is 9.66 Å². The zero-order chi connectivity index (χ0) is 9.97. The normalized spacial score (nSPS) is 18.9. The summed E-state index contributed by atoms with van der Waals surface area (Å²) in [5.74, 6) is 0. The summed E-state index contributed by atoms with van der Waals surface area (Å²) in [7, 11) is 2.12. The van der Waals surface area contributed by atoms with Gasteiger partial charge >= 0.3 is 0 Å². The maximum absolute atomic E-state index is 9.09. The molecule has 0 amide bonds. The smallest absolute Gasteiger partial charge is 0.115 e. The largest absolute Gasteiger partial charge is 0.390 e. The second-order valence-corrected chi connectivity index (χ2v) is 3.64. The van der Waals surface area contributed by atoms with Crippen LogP contribution in [0, 0.1) is 0 Å². The Kier molecular flexibility index (Phi) is 2.69. The van der Waals surface area contributed by atoms with Crippen LogP contribution in [0.1, 0.15) is 5.69 Å². The second kappa shape index (κ2) is 3.98. The zero-order valence-corrected chi connectivity index (χ0v) is 8.43. The molecule has 0 unspecified atom stereocenters. The molecule has 0 radical (unpaired) electrons. The van der Waals surface area contributed by atoms with Gasteiger partial charge in [0.15, 0.2) is 0 Å². The molecule has 14 heavy (non-hydrogen) atoms. The summed E-state index contributed by atoms with van der Waals surface area (Å²) >= 11 is 0.